The molecule has 12 fully saturated rings. The number of nitrogens with zero attached hydrogens (tertiary/aromatic N) is 8. The summed E-state index contributed by atoms with van der Waals surface area (Å²) in [6.07, 6.45) is -1.56. The highest BCUT2D eigenvalue weighted by Crippen LogP contribution is 2.35. The number of hydrogen-bond acceptors (Lipinski definition) is 6. The van der Waals surface area contributed by atoms with E-state index in [1.807, 2.05) is 0 Å². The van der Waals surface area contributed by atoms with Gasteiger partial charge in [-0.2, -0.15) is 0 Å². The van der Waals surface area contributed by atoms with Crippen molar-refractivity contribution >= 4 is 23.2 Å². The maximum Gasteiger partial charge on any atom is 0.163 e. The molecule has 0 radical (unpaired) electrons. The van der Waals surface area contributed by atoms with E-state index < -0.39 is 12.3 Å². The van der Waals surface area contributed by atoms with Crippen LogP contribution in [0.25, 0.3) is 0 Å². The molecule has 0 aliphatic carbocycles. The fraction of sp³-hybridized carbons (Fsp3) is 1.00. The quantitative estimate of drug-likeness (QED) is 0.185. The summed E-state index contributed by atoms with van der Waals surface area (Å²) in [5.74, 6) is 0. The van der Waals surface area contributed by atoms with Gasteiger partial charge in [0.2, 0.25) is 0 Å². The summed E-state index contributed by atoms with van der Waals surface area (Å²) < 4.78 is 73.8. The summed E-state index contributed by atoms with van der Waals surface area (Å²) in [6, 6.07) is 0. The molecule has 12 heterocycles. The molecule has 0 aromatic rings. The molecule has 2 N–H and O–H groups in total. The van der Waals surface area contributed by atoms with E-state index in [1.165, 1.54) is 189 Å². The lowest BCUT2D eigenvalue weighted by Gasteiger charge is -2.56. The SMILES string of the molecule is C.C.C.C.CC(CF)(C[N+]12CCN(CC1)CC2)C[N+]12CCN(CC1)CC2.CC(CF)(C[N+]12CCN(CC1)CC2)C[N+]12CCN(CC1)CC2.CCF.CCF.FCCl.FCCl.[Cl-].[Cl-].[OH-].[OH-]. The van der Waals surface area contributed by atoms with Crippen LogP contribution in [0.4, 0.5) is 26.3 Å². The molecule has 12 aliphatic rings. The van der Waals surface area contributed by atoms with Gasteiger partial charge in [-0.1, -0.05) is 52.9 Å². The minimum atomic E-state index is -0.778. The summed E-state index contributed by atoms with van der Waals surface area (Å²) in [5.41, 5.74) is -0.252. The summed E-state index contributed by atoms with van der Waals surface area (Å²) in [5, 5.41) is 0. The molecule has 10 nitrogen and oxygen atoms in total. The topological polar surface area (TPSA) is 73.0 Å². The van der Waals surface area contributed by atoms with Crippen molar-refractivity contribution in [1.29, 1.82) is 0 Å². The molecule has 8 bridgehead atoms. The van der Waals surface area contributed by atoms with Crippen LogP contribution in [0.5, 0.6) is 0 Å². The van der Waals surface area contributed by atoms with Crippen LogP contribution in [-0.2, 0) is 0 Å². The summed E-state index contributed by atoms with van der Waals surface area (Å²) in [7, 11) is 0. The Morgan fingerprint density at radius 2 is 0.484 bits per heavy atom. The molecule has 0 saturated carbocycles. The Hall–Kier alpha value is 0.340. The van der Waals surface area contributed by atoms with E-state index in [9.17, 15) is 26.3 Å². The maximum absolute atomic E-state index is 14.1. The van der Waals surface area contributed by atoms with Crippen LogP contribution in [0.2, 0.25) is 0 Å². The molecule has 0 amide bonds. The van der Waals surface area contributed by atoms with Crippen LogP contribution in [0.15, 0.2) is 0 Å². The van der Waals surface area contributed by atoms with Gasteiger partial charge in [-0.05, 0) is 27.7 Å². The maximum atomic E-state index is 14.1. The van der Waals surface area contributed by atoms with Crippen LogP contribution in [-0.4, -0.2) is 271 Å². The van der Waals surface area contributed by atoms with E-state index in [1.54, 1.807) is 0 Å². The first-order valence-electron chi connectivity index (χ1n) is 21.5. The number of piperazine rings is 12. The minimum Gasteiger partial charge on any atom is -1.00 e. The molecule has 396 valence electrons. The normalized spacial score (nSPS) is 33.2. The van der Waals surface area contributed by atoms with Gasteiger partial charge in [0.1, 0.15) is 13.3 Å². The van der Waals surface area contributed by atoms with Crippen LogP contribution in [0.3, 0.4) is 0 Å². The van der Waals surface area contributed by atoms with Crippen molar-refractivity contribution in [2.45, 2.75) is 57.4 Å². The lowest BCUT2D eigenvalue weighted by atomic mass is 9.86. The number of hydrogen-bond donors (Lipinski definition) is 0. The Kier molecular flexibility index (Phi) is 43.0. The van der Waals surface area contributed by atoms with Crippen molar-refractivity contribution < 1.29 is 80.0 Å². The first-order valence-corrected chi connectivity index (χ1v) is 22.6. The van der Waals surface area contributed by atoms with Gasteiger partial charge in [-0.15, -0.1) is 0 Å². The van der Waals surface area contributed by atoms with E-state index in [4.69, 9.17) is 0 Å². The van der Waals surface area contributed by atoms with Crippen molar-refractivity contribution in [3.8, 4) is 0 Å². The van der Waals surface area contributed by atoms with Gasteiger partial charge in [0.25, 0.3) is 0 Å². The standard InChI is InChI=1S/2C17H33FN4.2C2H5F.2CH2ClF.4CH4.2ClH.2H2O/c2*1-17(14-18,15-21-8-2-19(3-9-21)4-10-21)16-22-11-5-20(6-12-22)7-13-22;2*1-2-3;2*2-1-3;;;;;;;;/h2*2-16H2,1H3;2*2H2,1H3;2*1H2;4*1H4;2*1H;2*1H2/q2*+2;;;;;;;;;;;;/p-4. The Morgan fingerprint density at radius 1 is 0.375 bits per heavy atom. The third-order valence-electron chi connectivity index (χ3n) is 14.2. The average molecular weight is 1030 g/mol. The monoisotopic (exact) mass is 1020 g/mol. The Labute approximate surface area is 411 Å². The van der Waals surface area contributed by atoms with Gasteiger partial charge in [-0.3, -0.25) is 37.2 Å². The van der Waals surface area contributed by atoms with Crippen LogP contribution < -0.4 is 24.8 Å². The van der Waals surface area contributed by atoms with Crippen molar-refractivity contribution in [3.05, 3.63) is 0 Å². The van der Waals surface area contributed by atoms with Gasteiger partial charge in [0.05, 0.1) is 129 Å². The van der Waals surface area contributed by atoms with Crippen LogP contribution in [0.1, 0.15) is 57.4 Å². The number of fused-ring (bicyclic) bond motifs is 12. The fourth-order valence-corrected chi connectivity index (χ4v) is 11.4. The molecule has 0 unspecified atom stereocenters. The largest absolute Gasteiger partial charge is 1.00 e. The molecule has 0 atom stereocenters. The average Bonchev–Trinajstić information content (AvgIpc) is 3.21. The van der Waals surface area contributed by atoms with Crippen molar-refractivity contribution in [1.82, 2.24) is 19.6 Å². The summed E-state index contributed by atoms with van der Waals surface area (Å²) in [4.78, 5) is 10.3. The lowest BCUT2D eigenvalue weighted by molar-refractivity contribution is -0.968. The zero-order chi connectivity index (χ0) is 41.4. The Balaban J connectivity index is -0.000000192. The third kappa shape index (κ3) is 22.4. The van der Waals surface area contributed by atoms with Gasteiger partial charge >= 0.3 is 0 Å². The van der Waals surface area contributed by atoms with E-state index in [0.29, 0.717) is 0 Å². The lowest BCUT2D eigenvalue weighted by Crippen LogP contribution is -3.00. The number of halogens is 10. The smallest absolute Gasteiger partial charge is 0.163 e. The molecule has 12 rings (SSSR count). The van der Waals surface area contributed by atoms with Crippen LogP contribution in [0, 0.1) is 10.8 Å². The summed E-state index contributed by atoms with van der Waals surface area (Å²) in [6.45, 7) is 40.8. The predicted octanol–water partition coefficient (Wildman–Crippen LogP) is 0.963. The molecule has 12 saturated heterocycles. The first kappa shape index (κ1) is 75.8. The molecule has 20 heteroatoms. The van der Waals surface area contributed by atoms with Crippen LogP contribution >= 0.6 is 23.2 Å². The number of quaternary nitrogens is 4. The van der Waals surface area contributed by atoms with Gasteiger partial charge in [-0.25, -0.2) is 8.78 Å². The molecular formula is C44H98Cl4F6N8O2. The number of alkyl halides is 8. The molecule has 0 aromatic carbocycles. The highest BCUT2D eigenvalue weighted by Gasteiger charge is 2.51. The zero-order valence-electron chi connectivity index (χ0n) is 37.3. The van der Waals surface area contributed by atoms with Gasteiger partial charge in [0, 0.05) is 78.5 Å². The molecular weight excluding hydrogens is 928 g/mol. The minimum absolute atomic E-state index is 0. The van der Waals surface area contributed by atoms with E-state index in [-0.39, 0.29) is 103 Å². The molecule has 12 aliphatic heterocycles. The second-order valence-electron chi connectivity index (χ2n) is 18.7. The fourth-order valence-electron chi connectivity index (χ4n) is 11.4. The zero-order valence-corrected chi connectivity index (χ0v) is 40.3. The second kappa shape index (κ2) is 36.3. The summed E-state index contributed by atoms with van der Waals surface area (Å²) >= 11 is 8.66. The van der Waals surface area contributed by atoms with E-state index >= 15 is 0 Å². The van der Waals surface area contributed by atoms with Gasteiger partial charge < -0.3 is 53.7 Å². The van der Waals surface area contributed by atoms with E-state index in [0.717, 1.165) is 26.2 Å². The second-order valence-corrected chi connectivity index (χ2v) is 19.1. The highest BCUT2D eigenvalue weighted by atomic mass is 35.5. The van der Waals surface area contributed by atoms with Crippen molar-refractivity contribution in [2.75, 3.05) is 222 Å². The third-order valence-corrected chi connectivity index (χ3v) is 14.2. The molecule has 0 spiro atoms. The Morgan fingerprint density at radius 3 is 0.578 bits per heavy atom. The highest BCUT2D eigenvalue weighted by molar-refractivity contribution is 6.17. The predicted molar refractivity (Wildman–Crippen MR) is 251 cm³/mol. The Bertz CT molecular complexity index is 884. The first-order chi connectivity index (χ1) is 26.7. The number of rotatable bonds is 10. The van der Waals surface area contributed by atoms with Gasteiger partial charge in [0.15, 0.2) is 12.3 Å². The molecule has 64 heavy (non-hydrogen) atoms. The van der Waals surface area contributed by atoms with Crippen molar-refractivity contribution in [2.24, 2.45) is 10.8 Å². The van der Waals surface area contributed by atoms with E-state index in [2.05, 4.69) is 56.6 Å². The van der Waals surface area contributed by atoms with Crippen molar-refractivity contribution in [3.63, 3.8) is 0 Å². The molecule has 0 aromatic heterocycles.